The molecule has 0 amide bonds. The van der Waals surface area contributed by atoms with Gasteiger partial charge in [-0.15, -0.1) is 0 Å². The molecule has 0 aliphatic carbocycles. The van der Waals surface area contributed by atoms with Crippen molar-refractivity contribution in [2.45, 2.75) is 45.1 Å². The normalized spacial score (nSPS) is 13.7. The van der Waals surface area contributed by atoms with Gasteiger partial charge in [-0.1, -0.05) is 69.0 Å². The van der Waals surface area contributed by atoms with E-state index in [4.69, 9.17) is 9.79 Å². The summed E-state index contributed by atoms with van der Waals surface area (Å²) in [6.07, 6.45) is 4.51. The molecule has 0 aliphatic rings. The van der Waals surface area contributed by atoms with Crippen molar-refractivity contribution in [1.82, 2.24) is 4.72 Å². The van der Waals surface area contributed by atoms with Crippen molar-refractivity contribution in [3.05, 3.63) is 48.0 Å². The number of fused-ring (bicyclic) bond motifs is 1. The number of phosphoric ester groups is 1. The molecule has 2 aromatic carbocycles. The standard InChI is InChI=1S/C19H28NO6PS/c1-2-3-4-5-8-13-28(24,25)20-19(15-26-27(21,22)23)18-12-11-16-9-6-7-10-17(16)14-18/h6-7,9-12,14,19-20H,2-5,8,13,15H2,1H3,(H2,21,22,23). The fraction of sp³-hybridized carbons (Fsp3) is 0.474. The highest BCUT2D eigenvalue weighted by atomic mass is 32.2. The SMILES string of the molecule is CCCCCCCS(=O)(=O)NC(COP(=O)(O)O)c1ccc2ccccc2c1. The van der Waals surface area contributed by atoms with Crippen LogP contribution in [-0.2, 0) is 19.1 Å². The van der Waals surface area contributed by atoms with Crippen LogP contribution in [0.5, 0.6) is 0 Å². The first kappa shape index (κ1) is 23.0. The Kier molecular flexibility index (Phi) is 8.61. The zero-order valence-electron chi connectivity index (χ0n) is 16.0. The molecule has 9 heteroatoms. The van der Waals surface area contributed by atoms with Gasteiger partial charge in [-0.3, -0.25) is 4.52 Å². The summed E-state index contributed by atoms with van der Waals surface area (Å²) in [6.45, 7) is 1.63. The summed E-state index contributed by atoms with van der Waals surface area (Å²) in [6, 6.07) is 12.1. The van der Waals surface area contributed by atoms with Gasteiger partial charge in [-0.05, 0) is 28.8 Å². The van der Waals surface area contributed by atoms with E-state index in [9.17, 15) is 13.0 Å². The van der Waals surface area contributed by atoms with Gasteiger partial charge in [0, 0.05) is 0 Å². The van der Waals surface area contributed by atoms with E-state index in [1.54, 1.807) is 12.1 Å². The number of phosphoric acid groups is 1. The molecule has 0 aromatic heterocycles. The van der Waals surface area contributed by atoms with Crippen LogP contribution >= 0.6 is 7.82 Å². The van der Waals surface area contributed by atoms with Crippen LogP contribution in [0.15, 0.2) is 42.5 Å². The van der Waals surface area contributed by atoms with E-state index in [1.165, 1.54) is 0 Å². The van der Waals surface area contributed by atoms with Gasteiger partial charge in [0.15, 0.2) is 0 Å². The molecule has 0 spiro atoms. The Labute approximate surface area is 166 Å². The van der Waals surface area contributed by atoms with E-state index < -0.39 is 30.5 Å². The molecule has 3 N–H and O–H groups in total. The predicted octanol–water partition coefficient (Wildman–Crippen LogP) is 3.88. The summed E-state index contributed by atoms with van der Waals surface area (Å²) < 4.78 is 43.2. The summed E-state index contributed by atoms with van der Waals surface area (Å²) in [5.74, 6) is -0.0310. The maximum Gasteiger partial charge on any atom is 0.469 e. The van der Waals surface area contributed by atoms with Crippen LogP contribution in [0.1, 0.15) is 50.6 Å². The minimum Gasteiger partial charge on any atom is -0.303 e. The first-order chi connectivity index (χ1) is 13.2. The highest BCUT2D eigenvalue weighted by Crippen LogP contribution is 2.37. The second kappa shape index (κ2) is 10.5. The Hall–Kier alpha value is -1.28. The third-order valence-corrected chi connectivity index (χ3v) is 6.38. The first-order valence-corrected chi connectivity index (χ1v) is 12.6. The second-order valence-electron chi connectivity index (χ2n) is 6.80. The summed E-state index contributed by atoms with van der Waals surface area (Å²) in [7, 11) is -8.34. The molecule has 0 fully saturated rings. The molecule has 0 saturated heterocycles. The second-order valence-corrected chi connectivity index (χ2v) is 9.91. The molecule has 1 atom stereocenters. The van der Waals surface area contributed by atoms with Gasteiger partial charge < -0.3 is 9.79 Å². The number of rotatable bonds is 12. The van der Waals surface area contributed by atoms with Crippen LogP contribution in [0, 0.1) is 0 Å². The van der Waals surface area contributed by atoms with Crippen molar-refractivity contribution in [2.24, 2.45) is 0 Å². The van der Waals surface area contributed by atoms with Gasteiger partial charge >= 0.3 is 7.82 Å². The largest absolute Gasteiger partial charge is 0.469 e. The van der Waals surface area contributed by atoms with Crippen molar-refractivity contribution >= 4 is 28.6 Å². The maximum absolute atomic E-state index is 12.5. The van der Waals surface area contributed by atoms with Crippen LogP contribution in [-0.4, -0.2) is 30.6 Å². The van der Waals surface area contributed by atoms with E-state index in [0.717, 1.165) is 36.5 Å². The lowest BCUT2D eigenvalue weighted by molar-refractivity contribution is 0.183. The van der Waals surface area contributed by atoms with Gasteiger partial charge in [-0.25, -0.2) is 17.7 Å². The van der Waals surface area contributed by atoms with Gasteiger partial charge in [0.25, 0.3) is 0 Å². The van der Waals surface area contributed by atoms with Crippen LogP contribution in [0.2, 0.25) is 0 Å². The van der Waals surface area contributed by atoms with Gasteiger partial charge in [0.05, 0.1) is 18.4 Å². The zero-order chi connectivity index (χ0) is 20.6. The Morgan fingerprint density at radius 2 is 1.71 bits per heavy atom. The number of benzene rings is 2. The molecule has 7 nitrogen and oxygen atoms in total. The average Bonchev–Trinajstić information content (AvgIpc) is 2.64. The zero-order valence-corrected chi connectivity index (χ0v) is 17.7. The Bertz CT molecular complexity index is 912. The van der Waals surface area contributed by atoms with E-state index in [2.05, 4.69) is 16.2 Å². The molecule has 2 aromatic rings. The molecular weight excluding hydrogens is 401 g/mol. The molecule has 28 heavy (non-hydrogen) atoms. The Morgan fingerprint density at radius 3 is 2.39 bits per heavy atom. The lowest BCUT2D eigenvalue weighted by Crippen LogP contribution is -2.33. The Balaban J connectivity index is 2.14. The lowest BCUT2D eigenvalue weighted by atomic mass is 10.0. The van der Waals surface area contributed by atoms with Crippen LogP contribution in [0.25, 0.3) is 10.8 Å². The molecule has 0 radical (unpaired) electrons. The maximum atomic E-state index is 12.5. The smallest absolute Gasteiger partial charge is 0.303 e. The lowest BCUT2D eigenvalue weighted by Gasteiger charge is -2.20. The number of hydrogen-bond donors (Lipinski definition) is 3. The predicted molar refractivity (Wildman–Crippen MR) is 110 cm³/mol. The molecular formula is C19H28NO6PS. The van der Waals surface area contributed by atoms with Crippen molar-refractivity contribution in [1.29, 1.82) is 0 Å². The molecule has 156 valence electrons. The van der Waals surface area contributed by atoms with Gasteiger partial charge in [0.1, 0.15) is 0 Å². The summed E-state index contributed by atoms with van der Waals surface area (Å²) in [5, 5.41) is 1.89. The van der Waals surface area contributed by atoms with Crippen molar-refractivity contribution < 1.29 is 27.3 Å². The molecule has 2 rings (SSSR count). The van der Waals surface area contributed by atoms with Gasteiger partial charge in [-0.2, -0.15) is 0 Å². The van der Waals surface area contributed by atoms with Crippen molar-refractivity contribution in [3.63, 3.8) is 0 Å². The third kappa shape index (κ3) is 7.99. The summed E-state index contributed by atoms with van der Waals surface area (Å²) >= 11 is 0. The molecule has 0 bridgehead atoms. The highest BCUT2D eigenvalue weighted by Gasteiger charge is 2.24. The molecule has 0 saturated carbocycles. The average molecular weight is 429 g/mol. The minimum absolute atomic E-state index is 0.0310. The van der Waals surface area contributed by atoms with E-state index in [1.807, 2.05) is 30.3 Å². The van der Waals surface area contributed by atoms with Crippen molar-refractivity contribution in [2.75, 3.05) is 12.4 Å². The number of hydrogen-bond acceptors (Lipinski definition) is 4. The molecule has 0 aliphatic heterocycles. The summed E-state index contributed by atoms with van der Waals surface area (Å²) in [5.41, 5.74) is 0.585. The molecule has 1 unspecified atom stereocenters. The van der Waals surface area contributed by atoms with Crippen LogP contribution in [0.3, 0.4) is 0 Å². The fourth-order valence-corrected chi connectivity index (χ4v) is 4.65. The van der Waals surface area contributed by atoms with Gasteiger partial charge in [0.2, 0.25) is 10.0 Å². The number of nitrogens with one attached hydrogen (secondary N) is 1. The van der Waals surface area contributed by atoms with E-state index >= 15 is 0 Å². The molecule has 0 heterocycles. The number of sulfonamides is 1. The van der Waals surface area contributed by atoms with E-state index in [0.29, 0.717) is 12.0 Å². The summed E-state index contributed by atoms with van der Waals surface area (Å²) in [4.78, 5) is 18.0. The first-order valence-electron chi connectivity index (χ1n) is 9.39. The fourth-order valence-electron chi connectivity index (χ4n) is 2.97. The highest BCUT2D eigenvalue weighted by molar-refractivity contribution is 7.89. The van der Waals surface area contributed by atoms with Crippen LogP contribution in [0.4, 0.5) is 0 Å². The van der Waals surface area contributed by atoms with E-state index in [-0.39, 0.29) is 5.75 Å². The Morgan fingerprint density at radius 1 is 1.04 bits per heavy atom. The number of unbranched alkanes of at least 4 members (excludes halogenated alkanes) is 4. The quantitative estimate of drug-likeness (QED) is 0.349. The topological polar surface area (TPSA) is 113 Å². The third-order valence-electron chi connectivity index (χ3n) is 4.42. The monoisotopic (exact) mass is 429 g/mol. The van der Waals surface area contributed by atoms with Crippen molar-refractivity contribution in [3.8, 4) is 0 Å². The van der Waals surface area contributed by atoms with Crippen LogP contribution < -0.4 is 4.72 Å². The minimum atomic E-state index is -4.72.